The van der Waals surface area contributed by atoms with E-state index in [1.807, 2.05) is 30.3 Å². The first kappa shape index (κ1) is 16.3. The Morgan fingerprint density at radius 2 is 1.35 bits per heavy atom. The third-order valence-electron chi connectivity index (χ3n) is 2.03. The van der Waals surface area contributed by atoms with E-state index in [1.54, 1.807) is 23.9 Å². The molecule has 2 aromatic carbocycles. The molecule has 2 rings (SSSR count). The Labute approximate surface area is 120 Å². The summed E-state index contributed by atoms with van der Waals surface area (Å²) in [5.41, 5.74) is 0.123. The molecule has 0 saturated carbocycles. The largest absolute Gasteiger partial charge is 0.598 e. The number of nitro benzene ring substituents is 1. The van der Waals surface area contributed by atoms with E-state index in [9.17, 15) is 10.1 Å². The first-order valence-corrected chi connectivity index (χ1v) is 7.19. The van der Waals surface area contributed by atoms with Gasteiger partial charge in [0, 0.05) is 21.9 Å². The van der Waals surface area contributed by atoms with Crippen molar-refractivity contribution in [3.8, 4) is 0 Å². The molecule has 0 unspecified atom stereocenters. The molecule has 0 saturated heterocycles. The van der Waals surface area contributed by atoms with Gasteiger partial charge in [-0.1, -0.05) is 34.5 Å². The fourth-order valence-electron chi connectivity index (χ4n) is 1.26. The minimum absolute atomic E-state index is 0.123. The third kappa shape index (κ3) is 6.40. The molecule has 0 bridgehead atoms. The molecule has 0 spiro atoms. The van der Waals surface area contributed by atoms with Crippen molar-refractivity contribution >= 4 is 25.7 Å². The van der Waals surface area contributed by atoms with Gasteiger partial charge in [-0.05, 0) is 24.3 Å². The molecule has 0 heterocycles. The van der Waals surface area contributed by atoms with E-state index in [1.165, 1.54) is 12.1 Å². The number of hydrogen-bond donors (Lipinski definition) is 0. The Kier molecular flexibility index (Phi) is 6.83. The van der Waals surface area contributed by atoms with Gasteiger partial charge in [-0.3, -0.25) is 10.1 Å². The molecule has 2 aromatic rings. The lowest BCUT2D eigenvalue weighted by atomic mass is 10.3. The monoisotopic (exact) mass is 310 g/mol. The second-order valence-corrected chi connectivity index (χ2v) is 4.98. The summed E-state index contributed by atoms with van der Waals surface area (Å²) in [7, 11) is -3.37. The Balaban J connectivity index is 0.000000444. The molecule has 0 radical (unpaired) electrons. The summed E-state index contributed by atoms with van der Waals surface area (Å²) in [5.74, 6) is 0. The van der Waals surface area contributed by atoms with Crippen molar-refractivity contribution in [2.75, 3.05) is 0 Å². The molecule has 104 valence electrons. The predicted molar refractivity (Wildman–Crippen MR) is 71.3 cm³/mol. The van der Waals surface area contributed by atoms with Crippen LogP contribution in [0.15, 0.2) is 64.4 Å². The van der Waals surface area contributed by atoms with E-state index in [-0.39, 0.29) is 5.69 Å². The minimum Gasteiger partial charge on any atom is -0.598 e. The van der Waals surface area contributed by atoms with Crippen LogP contribution in [0.4, 0.5) is 5.69 Å². The van der Waals surface area contributed by atoms with Crippen LogP contribution < -0.4 is 9.79 Å². The minimum atomic E-state index is -3.37. The van der Waals surface area contributed by atoms with Crippen LogP contribution in [0.3, 0.4) is 0 Å². The maximum atomic E-state index is 10.5. The number of non-ortho nitro benzene ring substituents is 1. The predicted octanol–water partition coefficient (Wildman–Crippen LogP) is 2.11. The van der Waals surface area contributed by atoms with Gasteiger partial charge in [-0.15, -0.1) is 0 Å². The van der Waals surface area contributed by atoms with Gasteiger partial charge in [0.1, 0.15) is 0 Å². The van der Waals surface area contributed by atoms with Gasteiger partial charge >= 0.3 is 0 Å². The summed E-state index contributed by atoms with van der Waals surface area (Å²) < 4.78 is 8.48. The summed E-state index contributed by atoms with van der Waals surface area (Å²) in [5, 5.41) is 10.5. The Morgan fingerprint density at radius 3 is 1.80 bits per heavy atom. The molecular weight excluding hydrogens is 301 g/mol. The van der Waals surface area contributed by atoms with Gasteiger partial charge in [-0.2, -0.15) is 0 Å². The summed E-state index contributed by atoms with van der Waals surface area (Å²) >= 11 is 1.59. The van der Waals surface area contributed by atoms with E-state index in [4.69, 9.17) is 14.4 Å². The van der Waals surface area contributed by atoms with Gasteiger partial charge in [0.15, 0.2) is 0 Å². The van der Waals surface area contributed by atoms with Crippen LogP contribution in [0, 0.1) is 10.1 Å². The van der Waals surface area contributed by atoms with Crippen LogP contribution in [0.2, 0.25) is 0 Å². The molecule has 0 amide bonds. The summed E-state index contributed by atoms with van der Waals surface area (Å²) in [6.07, 6.45) is 0. The van der Waals surface area contributed by atoms with Gasteiger partial charge in [-0.25, -0.2) is 0 Å². The van der Waals surface area contributed by atoms with Crippen molar-refractivity contribution in [2.24, 2.45) is 0 Å². The maximum absolute atomic E-state index is 10.5. The molecule has 20 heavy (non-hydrogen) atoms. The topological polar surface area (TPSA) is 106 Å². The SMILES string of the molecule is O=[N+]([O-])c1ccc(Sc2ccccc2)cc1.O=[P+]([O-])[O-]. The van der Waals surface area contributed by atoms with Crippen LogP contribution in [0.25, 0.3) is 0 Å². The first-order chi connectivity index (χ1) is 9.49. The lowest BCUT2D eigenvalue weighted by molar-refractivity contribution is -0.384. The van der Waals surface area contributed by atoms with Crippen molar-refractivity contribution in [3.63, 3.8) is 0 Å². The van der Waals surface area contributed by atoms with E-state index in [0.29, 0.717) is 0 Å². The normalized spacial score (nSPS) is 9.30. The Bertz CT molecular complexity index is 572. The Hall–Kier alpha value is -1.79. The average molecular weight is 310 g/mol. The molecule has 6 nitrogen and oxygen atoms in total. The van der Waals surface area contributed by atoms with E-state index < -0.39 is 13.2 Å². The van der Waals surface area contributed by atoms with Crippen molar-refractivity contribution in [2.45, 2.75) is 9.79 Å². The lowest BCUT2D eigenvalue weighted by Crippen LogP contribution is -1.97. The third-order valence-corrected chi connectivity index (χ3v) is 3.04. The highest BCUT2D eigenvalue weighted by Gasteiger charge is 2.04. The molecule has 0 atom stereocenters. The number of hydrogen-bond acceptors (Lipinski definition) is 6. The maximum Gasteiger partial charge on any atom is 0.276 e. The fourth-order valence-corrected chi connectivity index (χ4v) is 2.10. The number of nitro groups is 1. The molecule has 0 aliphatic heterocycles. The number of nitrogens with zero attached hydrogens (tertiary/aromatic N) is 1. The molecule has 0 aromatic heterocycles. The molecule has 8 heteroatoms. The highest BCUT2D eigenvalue weighted by molar-refractivity contribution is 7.99. The highest BCUT2D eigenvalue weighted by atomic mass is 32.2. The van der Waals surface area contributed by atoms with Crippen molar-refractivity contribution in [3.05, 3.63) is 64.7 Å². The van der Waals surface area contributed by atoms with Crippen LogP contribution in [-0.2, 0) is 4.57 Å². The van der Waals surface area contributed by atoms with Crippen molar-refractivity contribution < 1.29 is 19.3 Å². The lowest BCUT2D eigenvalue weighted by Gasteiger charge is -2.00. The van der Waals surface area contributed by atoms with Crippen molar-refractivity contribution in [1.29, 1.82) is 0 Å². The molecule has 0 aliphatic rings. The van der Waals surface area contributed by atoms with Gasteiger partial charge < -0.3 is 9.79 Å². The molecule has 0 fully saturated rings. The summed E-state index contributed by atoms with van der Waals surface area (Å²) in [4.78, 5) is 29.2. The van der Waals surface area contributed by atoms with Crippen LogP contribution in [0.5, 0.6) is 0 Å². The molecular formula is C12H9NO5PS-. The van der Waals surface area contributed by atoms with Crippen LogP contribution in [-0.4, -0.2) is 4.92 Å². The number of benzene rings is 2. The average Bonchev–Trinajstić information content (AvgIpc) is 2.40. The van der Waals surface area contributed by atoms with E-state index in [0.717, 1.165) is 9.79 Å². The van der Waals surface area contributed by atoms with Gasteiger partial charge in [0.05, 0.1) is 4.92 Å². The Morgan fingerprint density at radius 1 is 0.900 bits per heavy atom. The first-order valence-electron chi connectivity index (χ1n) is 5.28. The quantitative estimate of drug-likeness (QED) is 0.488. The molecule has 0 N–H and O–H groups in total. The smallest absolute Gasteiger partial charge is 0.276 e. The fraction of sp³-hybridized carbons (Fsp3) is 0. The highest BCUT2D eigenvalue weighted by Crippen LogP contribution is 2.28. The van der Waals surface area contributed by atoms with E-state index >= 15 is 0 Å². The zero-order chi connectivity index (χ0) is 15.0. The van der Waals surface area contributed by atoms with Gasteiger partial charge in [0.25, 0.3) is 13.9 Å². The van der Waals surface area contributed by atoms with Crippen LogP contribution >= 0.6 is 20.0 Å². The zero-order valence-corrected chi connectivity index (χ0v) is 11.8. The summed E-state index contributed by atoms with van der Waals surface area (Å²) in [6.45, 7) is 0. The summed E-state index contributed by atoms with van der Waals surface area (Å²) in [6, 6.07) is 16.5. The standard InChI is InChI=1S/C12H9NO2S.HO3P/c14-13(15)10-6-8-12(9-7-10)16-11-4-2-1-3-5-11;1-4(2)3/h1-9H;(H,1,2,3)/p-1. The zero-order valence-electron chi connectivity index (χ0n) is 10.0. The van der Waals surface area contributed by atoms with Crippen molar-refractivity contribution in [1.82, 2.24) is 0 Å². The van der Waals surface area contributed by atoms with Crippen LogP contribution in [0.1, 0.15) is 0 Å². The number of rotatable bonds is 3. The van der Waals surface area contributed by atoms with Gasteiger partial charge in [0.2, 0.25) is 0 Å². The molecule has 0 aliphatic carbocycles. The second-order valence-electron chi connectivity index (χ2n) is 3.39. The van der Waals surface area contributed by atoms with E-state index in [2.05, 4.69) is 0 Å². The second kappa shape index (κ2) is 8.39.